The Hall–Kier alpha value is -1.09. The molecule has 2 heterocycles. The van der Waals surface area contributed by atoms with Crippen LogP contribution in [0, 0.1) is 6.92 Å². The summed E-state index contributed by atoms with van der Waals surface area (Å²) >= 11 is 0. The first kappa shape index (κ1) is 12.4. The Morgan fingerprint density at radius 3 is 2.82 bits per heavy atom. The van der Waals surface area contributed by atoms with Crippen molar-refractivity contribution in [2.24, 2.45) is 0 Å². The number of aromatic nitrogens is 1. The van der Waals surface area contributed by atoms with E-state index >= 15 is 0 Å². The lowest BCUT2D eigenvalue weighted by Crippen LogP contribution is -2.39. The van der Waals surface area contributed by atoms with Crippen LogP contribution in [0.2, 0.25) is 0 Å². The molecule has 0 unspecified atom stereocenters. The van der Waals surface area contributed by atoms with E-state index in [1.807, 2.05) is 13.2 Å². The van der Waals surface area contributed by atoms with Crippen LogP contribution in [0.4, 0.5) is 5.69 Å². The van der Waals surface area contributed by atoms with E-state index in [4.69, 9.17) is 0 Å². The molecule has 1 saturated heterocycles. The summed E-state index contributed by atoms with van der Waals surface area (Å²) in [5.41, 5.74) is 4.03. The first-order valence-electron chi connectivity index (χ1n) is 6.42. The molecule has 0 spiro atoms. The van der Waals surface area contributed by atoms with Crippen molar-refractivity contribution in [2.45, 2.75) is 45.7 Å². The summed E-state index contributed by atoms with van der Waals surface area (Å²) < 4.78 is 0. The maximum absolute atomic E-state index is 4.41. The van der Waals surface area contributed by atoms with Gasteiger partial charge in [0.2, 0.25) is 0 Å². The molecule has 3 nitrogen and oxygen atoms in total. The first-order valence-corrected chi connectivity index (χ1v) is 6.42. The van der Waals surface area contributed by atoms with E-state index in [0.29, 0.717) is 0 Å². The molecule has 1 aliphatic heterocycles. The summed E-state index contributed by atoms with van der Waals surface area (Å²) in [5.74, 6) is 0. The van der Waals surface area contributed by atoms with Crippen LogP contribution >= 0.6 is 0 Å². The highest BCUT2D eigenvalue weighted by atomic mass is 15.2. The minimum Gasteiger partial charge on any atom is -0.366 e. The van der Waals surface area contributed by atoms with E-state index in [2.05, 4.69) is 42.0 Å². The van der Waals surface area contributed by atoms with E-state index < -0.39 is 0 Å². The highest BCUT2D eigenvalue weighted by Crippen LogP contribution is 2.35. The minimum atomic E-state index is 0.274. The van der Waals surface area contributed by atoms with E-state index in [1.54, 1.807) is 0 Å². The Bertz CT molecular complexity index is 398. The van der Waals surface area contributed by atoms with E-state index in [0.717, 1.165) is 18.8 Å². The van der Waals surface area contributed by atoms with Crippen molar-refractivity contribution in [3.05, 3.63) is 23.5 Å². The number of rotatable bonds is 3. The Morgan fingerprint density at radius 2 is 2.24 bits per heavy atom. The Kier molecular flexibility index (Phi) is 3.38. The fourth-order valence-electron chi connectivity index (χ4n) is 2.71. The van der Waals surface area contributed by atoms with Crippen LogP contribution in [0.3, 0.4) is 0 Å². The molecule has 2 rings (SSSR count). The zero-order chi connectivity index (χ0) is 12.5. The van der Waals surface area contributed by atoms with Gasteiger partial charge in [0, 0.05) is 41.8 Å². The molecule has 0 aliphatic carbocycles. The molecule has 0 radical (unpaired) electrons. The topological polar surface area (TPSA) is 28.2 Å². The Morgan fingerprint density at radius 1 is 1.47 bits per heavy atom. The summed E-state index contributed by atoms with van der Waals surface area (Å²) in [6.45, 7) is 8.77. The minimum absolute atomic E-state index is 0.274. The standard InChI is InChI=1S/C14H23N3/c1-11-8-13(12(9-15-4)10-16-11)17-7-5-6-14(17,2)3/h8,10,15H,5-7,9H2,1-4H3. The lowest BCUT2D eigenvalue weighted by Gasteiger charge is -2.35. The number of nitrogens with one attached hydrogen (secondary N) is 1. The molecule has 0 amide bonds. The molecule has 1 fully saturated rings. The SMILES string of the molecule is CNCc1cnc(C)cc1N1CCCC1(C)C. The van der Waals surface area contributed by atoms with Crippen LogP contribution in [0.1, 0.15) is 37.9 Å². The molecule has 1 aromatic rings. The molecule has 1 aromatic heterocycles. The predicted octanol–water partition coefficient (Wildman–Crippen LogP) is 2.49. The second-order valence-corrected chi connectivity index (χ2v) is 5.55. The molecule has 17 heavy (non-hydrogen) atoms. The average Bonchev–Trinajstić information content (AvgIpc) is 2.61. The van der Waals surface area contributed by atoms with Crippen molar-refractivity contribution in [2.75, 3.05) is 18.5 Å². The van der Waals surface area contributed by atoms with Gasteiger partial charge in [0.1, 0.15) is 0 Å². The van der Waals surface area contributed by atoms with Crippen molar-refractivity contribution in [3.63, 3.8) is 0 Å². The highest BCUT2D eigenvalue weighted by Gasteiger charge is 2.33. The molecule has 0 bridgehead atoms. The fraction of sp³-hybridized carbons (Fsp3) is 0.643. The zero-order valence-corrected chi connectivity index (χ0v) is 11.4. The molecule has 0 aromatic carbocycles. The smallest absolute Gasteiger partial charge is 0.0449 e. The van der Waals surface area contributed by atoms with Crippen LogP contribution in [0.25, 0.3) is 0 Å². The summed E-state index contributed by atoms with van der Waals surface area (Å²) in [5, 5.41) is 3.23. The average molecular weight is 233 g/mol. The third-order valence-electron chi connectivity index (χ3n) is 3.66. The quantitative estimate of drug-likeness (QED) is 0.869. The largest absolute Gasteiger partial charge is 0.366 e. The number of aryl methyl sites for hydroxylation is 1. The summed E-state index contributed by atoms with van der Waals surface area (Å²) in [7, 11) is 1.98. The number of nitrogens with zero attached hydrogens (tertiary/aromatic N) is 2. The van der Waals surface area contributed by atoms with Crippen molar-refractivity contribution in [3.8, 4) is 0 Å². The van der Waals surface area contributed by atoms with Gasteiger partial charge in [-0.25, -0.2) is 0 Å². The van der Waals surface area contributed by atoms with Gasteiger partial charge in [-0.1, -0.05) is 0 Å². The molecule has 3 heteroatoms. The monoisotopic (exact) mass is 233 g/mol. The second kappa shape index (κ2) is 4.65. The van der Waals surface area contributed by atoms with E-state index in [-0.39, 0.29) is 5.54 Å². The predicted molar refractivity (Wildman–Crippen MR) is 72.4 cm³/mol. The van der Waals surface area contributed by atoms with Gasteiger partial charge in [-0.3, -0.25) is 4.98 Å². The molecular weight excluding hydrogens is 210 g/mol. The van der Waals surface area contributed by atoms with Gasteiger partial charge in [-0.15, -0.1) is 0 Å². The lowest BCUT2D eigenvalue weighted by atomic mass is 10.0. The van der Waals surface area contributed by atoms with Crippen LogP contribution in [-0.2, 0) is 6.54 Å². The maximum Gasteiger partial charge on any atom is 0.0449 e. The second-order valence-electron chi connectivity index (χ2n) is 5.55. The van der Waals surface area contributed by atoms with Crippen LogP contribution in [0.5, 0.6) is 0 Å². The van der Waals surface area contributed by atoms with Crippen molar-refractivity contribution < 1.29 is 0 Å². The Balaban J connectivity index is 2.39. The number of hydrogen-bond acceptors (Lipinski definition) is 3. The number of anilines is 1. The lowest BCUT2D eigenvalue weighted by molar-refractivity contribution is 0.516. The van der Waals surface area contributed by atoms with Crippen LogP contribution in [0.15, 0.2) is 12.3 Å². The maximum atomic E-state index is 4.41. The molecule has 0 atom stereocenters. The van der Waals surface area contributed by atoms with Gasteiger partial charge in [-0.2, -0.15) is 0 Å². The summed E-state index contributed by atoms with van der Waals surface area (Å²) in [6.07, 6.45) is 4.57. The van der Waals surface area contributed by atoms with Gasteiger partial charge in [0.05, 0.1) is 0 Å². The van der Waals surface area contributed by atoms with Gasteiger partial charge < -0.3 is 10.2 Å². The Labute approximate surface area is 104 Å². The molecule has 94 valence electrons. The van der Waals surface area contributed by atoms with Crippen molar-refractivity contribution >= 4 is 5.69 Å². The molecule has 0 saturated carbocycles. The third kappa shape index (κ3) is 2.44. The van der Waals surface area contributed by atoms with Gasteiger partial charge >= 0.3 is 0 Å². The summed E-state index contributed by atoms with van der Waals surface area (Å²) in [4.78, 5) is 6.95. The van der Waals surface area contributed by atoms with Crippen LogP contribution in [-0.4, -0.2) is 24.1 Å². The molecule has 1 aliphatic rings. The van der Waals surface area contributed by atoms with Crippen LogP contribution < -0.4 is 10.2 Å². The molecular formula is C14H23N3. The van der Waals surface area contributed by atoms with E-state index in [9.17, 15) is 0 Å². The van der Waals surface area contributed by atoms with Gasteiger partial charge in [0.15, 0.2) is 0 Å². The van der Waals surface area contributed by atoms with Crippen molar-refractivity contribution in [1.29, 1.82) is 0 Å². The highest BCUT2D eigenvalue weighted by molar-refractivity contribution is 5.56. The number of pyridine rings is 1. The van der Waals surface area contributed by atoms with Crippen molar-refractivity contribution in [1.82, 2.24) is 10.3 Å². The normalized spacial score (nSPS) is 18.7. The third-order valence-corrected chi connectivity index (χ3v) is 3.66. The fourth-order valence-corrected chi connectivity index (χ4v) is 2.71. The van der Waals surface area contributed by atoms with E-state index in [1.165, 1.54) is 24.1 Å². The van der Waals surface area contributed by atoms with Gasteiger partial charge in [0.25, 0.3) is 0 Å². The van der Waals surface area contributed by atoms with Gasteiger partial charge in [-0.05, 0) is 46.7 Å². The summed E-state index contributed by atoms with van der Waals surface area (Å²) in [6, 6.07) is 2.22. The zero-order valence-electron chi connectivity index (χ0n) is 11.4. The number of hydrogen-bond donors (Lipinski definition) is 1. The first-order chi connectivity index (χ1) is 8.04. The molecule has 1 N–H and O–H groups in total.